The van der Waals surface area contributed by atoms with E-state index in [1.807, 2.05) is 0 Å². The molecular formula is C18H25N3O5. The van der Waals surface area contributed by atoms with E-state index in [2.05, 4.69) is 5.32 Å². The van der Waals surface area contributed by atoms with Gasteiger partial charge in [0.2, 0.25) is 11.8 Å². The predicted molar refractivity (Wildman–Crippen MR) is 92.0 cm³/mol. The van der Waals surface area contributed by atoms with Gasteiger partial charge in [-0.25, -0.2) is 4.79 Å². The normalized spacial score (nSPS) is 21.1. The molecule has 0 bridgehead atoms. The molecule has 142 valence electrons. The van der Waals surface area contributed by atoms with E-state index in [0.717, 1.165) is 0 Å². The molecule has 1 N–H and O–H groups in total. The van der Waals surface area contributed by atoms with Crippen LogP contribution in [-0.4, -0.2) is 60.0 Å². The van der Waals surface area contributed by atoms with Crippen LogP contribution >= 0.6 is 0 Å². The van der Waals surface area contributed by atoms with Crippen LogP contribution in [0.5, 0.6) is 0 Å². The fourth-order valence-corrected chi connectivity index (χ4v) is 3.57. The summed E-state index contributed by atoms with van der Waals surface area (Å²) in [5.41, 5.74) is 0. The van der Waals surface area contributed by atoms with Gasteiger partial charge in [0.05, 0.1) is 25.3 Å². The zero-order chi connectivity index (χ0) is 18.5. The summed E-state index contributed by atoms with van der Waals surface area (Å²) in [5, 5.41) is 2.83. The predicted octanol–water partition coefficient (Wildman–Crippen LogP) is 1.37. The average molecular weight is 363 g/mol. The van der Waals surface area contributed by atoms with Crippen LogP contribution in [0.1, 0.15) is 31.9 Å². The van der Waals surface area contributed by atoms with Gasteiger partial charge in [0.25, 0.3) is 0 Å². The highest BCUT2D eigenvalue weighted by Gasteiger charge is 2.39. The summed E-state index contributed by atoms with van der Waals surface area (Å²) in [6.45, 7) is 4.05. The first kappa shape index (κ1) is 18.3. The molecule has 1 aromatic heterocycles. The van der Waals surface area contributed by atoms with Gasteiger partial charge in [0, 0.05) is 32.1 Å². The lowest BCUT2D eigenvalue weighted by atomic mass is 10.0. The second-order valence-electron chi connectivity index (χ2n) is 6.66. The summed E-state index contributed by atoms with van der Waals surface area (Å²) in [5.74, 6) is 0.241. The first-order chi connectivity index (χ1) is 12.6. The Morgan fingerprint density at radius 1 is 1.35 bits per heavy atom. The molecule has 26 heavy (non-hydrogen) atoms. The first-order valence-electron chi connectivity index (χ1n) is 9.09. The fourth-order valence-electron chi connectivity index (χ4n) is 3.57. The van der Waals surface area contributed by atoms with Crippen LogP contribution in [0.4, 0.5) is 4.79 Å². The van der Waals surface area contributed by atoms with Crippen molar-refractivity contribution in [3.8, 4) is 0 Å². The van der Waals surface area contributed by atoms with Crippen LogP contribution in [0.25, 0.3) is 0 Å². The summed E-state index contributed by atoms with van der Waals surface area (Å²) in [6.07, 6.45) is 2.93. The van der Waals surface area contributed by atoms with Gasteiger partial charge in [0.1, 0.15) is 5.76 Å². The molecule has 3 heterocycles. The third-order valence-corrected chi connectivity index (χ3v) is 4.98. The van der Waals surface area contributed by atoms with E-state index in [1.165, 1.54) is 0 Å². The van der Waals surface area contributed by atoms with Crippen molar-refractivity contribution in [2.75, 3.05) is 26.2 Å². The van der Waals surface area contributed by atoms with Gasteiger partial charge in [-0.05, 0) is 31.9 Å². The number of hydrogen-bond acceptors (Lipinski definition) is 5. The van der Waals surface area contributed by atoms with E-state index in [0.29, 0.717) is 51.4 Å². The maximum Gasteiger partial charge on any atom is 0.409 e. The van der Waals surface area contributed by atoms with Crippen molar-refractivity contribution in [3.05, 3.63) is 24.2 Å². The van der Waals surface area contributed by atoms with Crippen molar-refractivity contribution >= 4 is 17.9 Å². The van der Waals surface area contributed by atoms with Gasteiger partial charge < -0.3 is 24.3 Å². The smallest absolute Gasteiger partial charge is 0.409 e. The minimum absolute atomic E-state index is 0.0118. The highest BCUT2D eigenvalue weighted by molar-refractivity contribution is 5.89. The number of hydrogen-bond donors (Lipinski definition) is 1. The minimum Gasteiger partial charge on any atom is -0.467 e. The molecule has 2 aliphatic rings. The Morgan fingerprint density at radius 2 is 2.12 bits per heavy atom. The topological polar surface area (TPSA) is 92.1 Å². The number of carbonyl (C=O) groups excluding carboxylic acids is 3. The number of nitrogens with zero attached hydrogens (tertiary/aromatic N) is 2. The summed E-state index contributed by atoms with van der Waals surface area (Å²) in [6, 6.07) is 3.64. The summed E-state index contributed by atoms with van der Waals surface area (Å²) >= 11 is 0. The molecule has 8 nitrogen and oxygen atoms in total. The zero-order valence-electron chi connectivity index (χ0n) is 15.0. The molecule has 0 aliphatic carbocycles. The maximum absolute atomic E-state index is 12.4. The minimum atomic E-state index is -0.333. The third-order valence-electron chi connectivity index (χ3n) is 4.98. The summed E-state index contributed by atoms with van der Waals surface area (Å²) < 4.78 is 10.2. The third kappa shape index (κ3) is 4.17. The van der Waals surface area contributed by atoms with Crippen LogP contribution < -0.4 is 5.32 Å². The van der Waals surface area contributed by atoms with Crippen molar-refractivity contribution in [3.63, 3.8) is 0 Å². The number of nitrogens with one attached hydrogen (secondary N) is 1. The molecule has 2 saturated heterocycles. The zero-order valence-corrected chi connectivity index (χ0v) is 15.0. The van der Waals surface area contributed by atoms with E-state index in [4.69, 9.17) is 9.15 Å². The van der Waals surface area contributed by atoms with Crippen molar-refractivity contribution in [1.29, 1.82) is 0 Å². The molecule has 2 aliphatic heterocycles. The number of furan rings is 1. The number of carbonyl (C=O) groups is 3. The summed E-state index contributed by atoms with van der Waals surface area (Å²) in [7, 11) is 0. The van der Waals surface area contributed by atoms with E-state index in [-0.39, 0.29) is 36.3 Å². The molecule has 0 radical (unpaired) electrons. The SMILES string of the molecule is CCOC(=O)N1CCC(N2CC(C(=O)NCc3ccco3)CC2=O)CC1. The molecular weight excluding hydrogens is 338 g/mol. The lowest BCUT2D eigenvalue weighted by Crippen LogP contribution is -2.47. The maximum atomic E-state index is 12.4. The van der Waals surface area contributed by atoms with Gasteiger partial charge in [-0.1, -0.05) is 0 Å². The highest BCUT2D eigenvalue weighted by atomic mass is 16.6. The first-order valence-corrected chi connectivity index (χ1v) is 9.09. The van der Waals surface area contributed by atoms with Gasteiger partial charge in [0.15, 0.2) is 0 Å². The van der Waals surface area contributed by atoms with Crippen LogP contribution in [-0.2, 0) is 20.9 Å². The van der Waals surface area contributed by atoms with Crippen molar-refractivity contribution in [2.45, 2.75) is 38.8 Å². The van der Waals surface area contributed by atoms with Crippen LogP contribution in [0.2, 0.25) is 0 Å². The Bertz CT molecular complexity index is 637. The monoisotopic (exact) mass is 363 g/mol. The van der Waals surface area contributed by atoms with Gasteiger partial charge in [-0.15, -0.1) is 0 Å². The Morgan fingerprint density at radius 3 is 2.77 bits per heavy atom. The Labute approximate surface area is 152 Å². The Balaban J connectivity index is 1.47. The largest absolute Gasteiger partial charge is 0.467 e. The molecule has 1 aromatic rings. The van der Waals surface area contributed by atoms with Crippen molar-refractivity contribution < 1.29 is 23.5 Å². The second kappa shape index (κ2) is 8.25. The average Bonchev–Trinajstić information content (AvgIpc) is 3.29. The van der Waals surface area contributed by atoms with Crippen LogP contribution in [0.3, 0.4) is 0 Å². The number of amides is 3. The Kier molecular flexibility index (Phi) is 5.80. The molecule has 0 aromatic carbocycles. The summed E-state index contributed by atoms with van der Waals surface area (Å²) in [4.78, 5) is 39.9. The van der Waals surface area contributed by atoms with Crippen molar-refractivity contribution in [1.82, 2.24) is 15.1 Å². The van der Waals surface area contributed by atoms with E-state index in [1.54, 1.807) is 35.1 Å². The lowest BCUT2D eigenvalue weighted by Gasteiger charge is -2.36. The lowest BCUT2D eigenvalue weighted by molar-refractivity contribution is -0.131. The van der Waals surface area contributed by atoms with Crippen LogP contribution in [0.15, 0.2) is 22.8 Å². The molecule has 2 fully saturated rings. The molecule has 3 amide bonds. The number of likely N-dealkylation sites (tertiary alicyclic amines) is 2. The number of rotatable bonds is 5. The van der Waals surface area contributed by atoms with E-state index in [9.17, 15) is 14.4 Å². The van der Waals surface area contributed by atoms with E-state index < -0.39 is 0 Å². The molecule has 8 heteroatoms. The second-order valence-corrected chi connectivity index (χ2v) is 6.66. The highest BCUT2D eigenvalue weighted by Crippen LogP contribution is 2.26. The number of ether oxygens (including phenoxy) is 1. The van der Waals surface area contributed by atoms with Gasteiger partial charge in [-0.2, -0.15) is 0 Å². The van der Waals surface area contributed by atoms with Crippen molar-refractivity contribution in [2.24, 2.45) is 5.92 Å². The van der Waals surface area contributed by atoms with Gasteiger partial charge >= 0.3 is 6.09 Å². The molecule has 3 rings (SSSR count). The van der Waals surface area contributed by atoms with Gasteiger partial charge in [-0.3, -0.25) is 9.59 Å². The molecule has 1 atom stereocenters. The molecule has 0 spiro atoms. The fraction of sp³-hybridized carbons (Fsp3) is 0.611. The van der Waals surface area contributed by atoms with E-state index >= 15 is 0 Å². The standard InChI is InChI=1S/C18H25N3O5/c1-2-25-18(24)20-7-5-14(6-8-20)21-12-13(10-16(21)22)17(23)19-11-15-4-3-9-26-15/h3-4,9,13-14H,2,5-8,10-12H2,1H3,(H,19,23). The van der Waals surface area contributed by atoms with Crippen LogP contribution in [0, 0.1) is 5.92 Å². The quantitative estimate of drug-likeness (QED) is 0.853. The molecule has 0 saturated carbocycles. The Hall–Kier alpha value is -2.51. The molecule has 1 unspecified atom stereocenters. The number of piperidine rings is 1.